The van der Waals surface area contributed by atoms with Crippen molar-refractivity contribution in [1.29, 1.82) is 0 Å². The van der Waals surface area contributed by atoms with E-state index < -0.39 is 21.9 Å². The van der Waals surface area contributed by atoms with Crippen molar-refractivity contribution in [2.75, 3.05) is 5.75 Å². The molecule has 1 aliphatic heterocycles. The number of nitrogens with two attached hydrogens (primary N) is 1. The van der Waals surface area contributed by atoms with Gasteiger partial charge in [0.2, 0.25) is 5.91 Å². The van der Waals surface area contributed by atoms with Crippen LogP contribution in [0.5, 0.6) is 0 Å². The summed E-state index contributed by atoms with van der Waals surface area (Å²) in [5, 5.41) is 3.74. The molecular formula is C10H18N2O3S. The van der Waals surface area contributed by atoms with E-state index in [9.17, 15) is 13.2 Å². The smallest absolute Gasteiger partial charge is 0.237 e. The van der Waals surface area contributed by atoms with Crippen molar-refractivity contribution in [1.82, 2.24) is 5.32 Å². The lowest BCUT2D eigenvalue weighted by Crippen LogP contribution is -2.46. The summed E-state index contributed by atoms with van der Waals surface area (Å²) in [7, 11) is -3.13. The molecule has 0 saturated carbocycles. The highest BCUT2D eigenvalue weighted by Gasteiger charge is 2.25. The predicted octanol–water partition coefficient (Wildman–Crippen LogP) is -0.213. The van der Waals surface area contributed by atoms with Gasteiger partial charge in [0.05, 0.1) is 17.8 Å². The summed E-state index contributed by atoms with van der Waals surface area (Å²) in [4.78, 5) is 11.6. The second kappa shape index (κ2) is 4.97. The van der Waals surface area contributed by atoms with Crippen molar-refractivity contribution in [3.63, 3.8) is 0 Å². The second-order valence-corrected chi connectivity index (χ2v) is 6.44. The minimum Gasteiger partial charge on any atom is -0.347 e. The molecule has 0 aromatic carbocycles. The van der Waals surface area contributed by atoms with Crippen LogP contribution >= 0.6 is 0 Å². The molecule has 0 aliphatic carbocycles. The minimum absolute atomic E-state index is 0.0624. The zero-order valence-electron chi connectivity index (χ0n) is 9.51. The van der Waals surface area contributed by atoms with Gasteiger partial charge in [0.25, 0.3) is 0 Å². The molecule has 0 aromatic rings. The molecule has 1 amide bonds. The Kier molecular flexibility index (Phi) is 4.09. The standard InChI is InChI=1S/C10H18N2O3S/c1-7(2)5-9(11)10(13)12-8-3-4-16(14,15)6-8/h3-4,7-9H,5-6,11H2,1-2H3,(H,12,13)/t8?,9-/m0/s1. The Balaban J connectivity index is 2.45. The molecule has 0 spiro atoms. The third kappa shape index (κ3) is 3.94. The topological polar surface area (TPSA) is 89.3 Å². The fourth-order valence-corrected chi connectivity index (χ4v) is 2.81. The van der Waals surface area contributed by atoms with Crippen LogP contribution < -0.4 is 11.1 Å². The van der Waals surface area contributed by atoms with Crippen LogP contribution in [0.25, 0.3) is 0 Å². The molecule has 5 nitrogen and oxygen atoms in total. The van der Waals surface area contributed by atoms with E-state index in [1.54, 1.807) is 0 Å². The van der Waals surface area contributed by atoms with Gasteiger partial charge >= 0.3 is 0 Å². The van der Waals surface area contributed by atoms with Gasteiger partial charge in [-0.15, -0.1) is 0 Å². The number of amides is 1. The molecule has 1 heterocycles. The van der Waals surface area contributed by atoms with Gasteiger partial charge in [-0.25, -0.2) is 8.42 Å². The summed E-state index contributed by atoms with van der Waals surface area (Å²) < 4.78 is 22.2. The second-order valence-electron chi connectivity index (χ2n) is 4.51. The van der Waals surface area contributed by atoms with Crippen LogP contribution in [0.3, 0.4) is 0 Å². The minimum atomic E-state index is -3.13. The van der Waals surface area contributed by atoms with Crippen LogP contribution in [0.4, 0.5) is 0 Å². The van der Waals surface area contributed by atoms with E-state index in [2.05, 4.69) is 5.32 Å². The first-order valence-corrected chi connectivity index (χ1v) is 6.98. The zero-order valence-corrected chi connectivity index (χ0v) is 10.3. The first kappa shape index (κ1) is 13.2. The summed E-state index contributed by atoms with van der Waals surface area (Å²) in [6, 6.07) is -1.01. The maximum absolute atomic E-state index is 11.6. The Morgan fingerprint density at radius 3 is 2.62 bits per heavy atom. The van der Waals surface area contributed by atoms with E-state index in [1.807, 2.05) is 13.8 Å². The van der Waals surface area contributed by atoms with Gasteiger partial charge in [-0.1, -0.05) is 13.8 Å². The Morgan fingerprint density at radius 2 is 2.19 bits per heavy atom. The molecule has 92 valence electrons. The number of sulfone groups is 1. The van der Waals surface area contributed by atoms with Crippen LogP contribution in [0.1, 0.15) is 20.3 Å². The molecule has 1 unspecified atom stereocenters. The monoisotopic (exact) mass is 246 g/mol. The number of hydrogen-bond acceptors (Lipinski definition) is 4. The summed E-state index contributed by atoms with van der Waals surface area (Å²) in [5.41, 5.74) is 5.68. The maximum atomic E-state index is 11.6. The summed E-state index contributed by atoms with van der Waals surface area (Å²) in [6.45, 7) is 3.96. The van der Waals surface area contributed by atoms with Crippen molar-refractivity contribution in [3.05, 3.63) is 11.5 Å². The van der Waals surface area contributed by atoms with Gasteiger partial charge in [0.1, 0.15) is 0 Å². The van der Waals surface area contributed by atoms with Crippen molar-refractivity contribution in [2.45, 2.75) is 32.4 Å². The van der Waals surface area contributed by atoms with Crippen LogP contribution in [-0.2, 0) is 14.6 Å². The van der Waals surface area contributed by atoms with Crippen LogP contribution in [0, 0.1) is 5.92 Å². The highest BCUT2D eigenvalue weighted by Crippen LogP contribution is 2.09. The van der Waals surface area contributed by atoms with Crippen LogP contribution in [-0.4, -0.2) is 32.2 Å². The molecular weight excluding hydrogens is 228 g/mol. The predicted molar refractivity (Wildman–Crippen MR) is 62.3 cm³/mol. The van der Waals surface area contributed by atoms with Gasteiger partial charge in [0.15, 0.2) is 9.84 Å². The largest absolute Gasteiger partial charge is 0.347 e. The fourth-order valence-electron chi connectivity index (χ4n) is 1.57. The molecule has 2 atom stereocenters. The van der Waals surface area contributed by atoms with Crippen LogP contribution in [0.2, 0.25) is 0 Å². The van der Waals surface area contributed by atoms with Gasteiger partial charge in [-0.05, 0) is 18.4 Å². The van der Waals surface area contributed by atoms with Crippen molar-refractivity contribution >= 4 is 15.7 Å². The molecule has 0 radical (unpaired) electrons. The third-order valence-corrected chi connectivity index (χ3v) is 3.72. The van der Waals surface area contributed by atoms with E-state index in [1.165, 1.54) is 6.08 Å². The van der Waals surface area contributed by atoms with Crippen molar-refractivity contribution in [2.24, 2.45) is 11.7 Å². The third-order valence-electron chi connectivity index (χ3n) is 2.32. The zero-order chi connectivity index (χ0) is 12.3. The van der Waals surface area contributed by atoms with Gasteiger partial charge in [-0.3, -0.25) is 4.79 Å². The molecule has 1 rings (SSSR count). The lowest BCUT2D eigenvalue weighted by molar-refractivity contribution is -0.123. The quantitative estimate of drug-likeness (QED) is 0.718. The molecule has 3 N–H and O–H groups in total. The molecule has 6 heteroatoms. The van der Waals surface area contributed by atoms with Gasteiger partial charge in [0, 0.05) is 5.41 Å². The molecule has 0 bridgehead atoms. The lowest BCUT2D eigenvalue weighted by atomic mass is 10.0. The fraction of sp³-hybridized carbons (Fsp3) is 0.700. The first-order valence-electron chi connectivity index (χ1n) is 5.27. The normalized spacial score (nSPS) is 24.6. The highest BCUT2D eigenvalue weighted by molar-refractivity contribution is 7.94. The molecule has 16 heavy (non-hydrogen) atoms. The Labute approximate surface area is 96.0 Å². The van der Waals surface area contributed by atoms with E-state index in [4.69, 9.17) is 5.73 Å². The van der Waals surface area contributed by atoms with Gasteiger partial charge in [-0.2, -0.15) is 0 Å². The number of carbonyl (C=O) groups is 1. The number of rotatable bonds is 4. The Bertz CT molecular complexity index is 387. The Morgan fingerprint density at radius 1 is 1.56 bits per heavy atom. The lowest BCUT2D eigenvalue weighted by Gasteiger charge is -2.16. The van der Waals surface area contributed by atoms with Crippen LogP contribution in [0.15, 0.2) is 11.5 Å². The average molecular weight is 246 g/mol. The van der Waals surface area contributed by atoms with Gasteiger partial charge < -0.3 is 11.1 Å². The number of hydrogen-bond donors (Lipinski definition) is 2. The number of carbonyl (C=O) groups excluding carboxylic acids is 1. The molecule has 0 fully saturated rings. The number of nitrogens with one attached hydrogen (secondary N) is 1. The molecule has 0 saturated heterocycles. The molecule has 1 aliphatic rings. The summed E-state index contributed by atoms with van der Waals surface area (Å²) >= 11 is 0. The summed E-state index contributed by atoms with van der Waals surface area (Å²) in [6.07, 6.45) is 2.07. The molecule has 0 aromatic heterocycles. The van der Waals surface area contributed by atoms with E-state index in [0.29, 0.717) is 12.3 Å². The SMILES string of the molecule is CC(C)C[C@H](N)C(=O)NC1C=CS(=O)(=O)C1. The van der Waals surface area contributed by atoms with Crippen molar-refractivity contribution in [3.8, 4) is 0 Å². The first-order chi connectivity index (χ1) is 7.30. The van der Waals surface area contributed by atoms with E-state index >= 15 is 0 Å². The van der Waals surface area contributed by atoms with Crippen molar-refractivity contribution < 1.29 is 13.2 Å². The highest BCUT2D eigenvalue weighted by atomic mass is 32.2. The van der Waals surface area contributed by atoms with E-state index in [-0.39, 0.29) is 11.7 Å². The maximum Gasteiger partial charge on any atom is 0.237 e. The van der Waals surface area contributed by atoms with E-state index in [0.717, 1.165) is 5.41 Å². The summed E-state index contributed by atoms with van der Waals surface area (Å²) in [5.74, 6) is -0.0169. The average Bonchev–Trinajstić information content (AvgIpc) is 2.44. The Hall–Kier alpha value is -0.880.